The first kappa shape index (κ1) is 36.5. The molecule has 6 N–H and O–H groups in total. The third-order valence-corrected chi connectivity index (χ3v) is 9.39. The number of H-pyrrole nitrogens is 2. The first-order valence-corrected chi connectivity index (χ1v) is 17.8. The van der Waals surface area contributed by atoms with Crippen molar-refractivity contribution in [2.24, 2.45) is 0 Å². The Morgan fingerprint density at radius 1 is 0.849 bits per heavy atom. The molecule has 4 heterocycles. The van der Waals surface area contributed by atoms with Gasteiger partial charge in [0.1, 0.15) is 17.9 Å². The summed E-state index contributed by atoms with van der Waals surface area (Å²) in [6, 6.07) is 13.6. The summed E-state index contributed by atoms with van der Waals surface area (Å²) < 4.78 is 2.00. The lowest BCUT2D eigenvalue weighted by atomic mass is 10.0. The van der Waals surface area contributed by atoms with Crippen molar-refractivity contribution in [1.82, 2.24) is 45.7 Å². The fraction of sp³-hybridized carbons (Fsp3) is 0.342. The Balaban J connectivity index is 1.28. The molecule has 1 aliphatic heterocycles. The number of nitrogens with one attached hydrogen (secondary N) is 6. The van der Waals surface area contributed by atoms with Crippen molar-refractivity contribution in [2.45, 2.75) is 58.2 Å². The number of imidazole rings is 1. The number of hydrogen-bond donors (Lipinski definition) is 6. The summed E-state index contributed by atoms with van der Waals surface area (Å²) in [5.74, 6) is -1.56. The van der Waals surface area contributed by atoms with E-state index in [1.165, 1.54) is 23.2 Å². The number of nitrogens with zero attached hydrogens (tertiary/aromatic N) is 3. The van der Waals surface area contributed by atoms with E-state index in [0.29, 0.717) is 31.5 Å². The molecule has 2 aromatic carbocycles. The fourth-order valence-corrected chi connectivity index (χ4v) is 6.56. The van der Waals surface area contributed by atoms with Gasteiger partial charge in [-0.1, -0.05) is 25.1 Å². The summed E-state index contributed by atoms with van der Waals surface area (Å²) in [5.41, 5.74) is 3.48. The minimum atomic E-state index is -0.997. The van der Waals surface area contributed by atoms with Gasteiger partial charge in [0.2, 0.25) is 23.3 Å². The molecule has 3 aromatic heterocycles. The van der Waals surface area contributed by atoms with Crippen molar-refractivity contribution >= 4 is 51.5 Å². The van der Waals surface area contributed by atoms with Gasteiger partial charge in [-0.15, -0.1) is 0 Å². The first-order valence-electron chi connectivity index (χ1n) is 17.8. The van der Waals surface area contributed by atoms with Crippen LogP contribution in [-0.2, 0) is 27.3 Å². The highest BCUT2D eigenvalue weighted by Gasteiger charge is 2.28. The number of carbonyl (C=O) groups is 5. The summed E-state index contributed by atoms with van der Waals surface area (Å²) in [6.45, 7) is 4.37. The van der Waals surface area contributed by atoms with Crippen molar-refractivity contribution in [3.8, 4) is 0 Å². The number of carbonyl (C=O) groups excluding carboxylic acids is 5. The molecular weight excluding hydrogens is 678 g/mol. The Morgan fingerprint density at radius 3 is 2.43 bits per heavy atom. The first-order chi connectivity index (χ1) is 25.6. The lowest BCUT2D eigenvalue weighted by molar-refractivity contribution is -0.132. The second-order valence-electron chi connectivity index (χ2n) is 13.1. The average molecular weight is 722 g/mol. The zero-order chi connectivity index (χ0) is 37.5. The van der Waals surface area contributed by atoms with Gasteiger partial charge in [0, 0.05) is 67.5 Å². The summed E-state index contributed by atoms with van der Waals surface area (Å²) in [7, 11) is 0. The van der Waals surface area contributed by atoms with E-state index in [0.717, 1.165) is 33.3 Å². The monoisotopic (exact) mass is 721 g/mol. The van der Waals surface area contributed by atoms with Gasteiger partial charge in [-0.2, -0.15) is 0 Å². The van der Waals surface area contributed by atoms with Crippen LogP contribution in [0.2, 0.25) is 0 Å². The highest BCUT2D eigenvalue weighted by atomic mass is 16.2. The lowest BCUT2D eigenvalue weighted by Gasteiger charge is -2.25. The number of benzene rings is 2. The van der Waals surface area contributed by atoms with E-state index in [4.69, 9.17) is 0 Å². The molecule has 1 aliphatic rings. The van der Waals surface area contributed by atoms with Crippen LogP contribution >= 0.6 is 0 Å². The van der Waals surface area contributed by atoms with E-state index in [2.05, 4.69) is 36.2 Å². The molecule has 6 rings (SSSR count). The Labute approximate surface area is 304 Å². The van der Waals surface area contributed by atoms with E-state index < -0.39 is 36.3 Å². The maximum Gasteiger partial charge on any atom is 0.255 e. The standard InChI is InChI=1S/C38H43N9O6/c1-3-28-37(52)45-31(18-26-21-41-29-9-5-4-8-27(26)29)36(51)40-15-7-17-47-23(2)43-30-12-10-24(19-32(30)47)35(50)39-14-6-16-46(22-34(49)44-28)38(53)25-11-13-33(48)42-20-25/h4-5,8-13,19-21,28,31,41H,3,6-7,14-18,22H2,1-2H3,(H,39,50)(H,40,51)(H,42,48)(H,44,49)(H,45,52)/t28-,31+/m0/s1. The van der Waals surface area contributed by atoms with Gasteiger partial charge < -0.3 is 40.7 Å². The quantitative estimate of drug-likeness (QED) is 0.163. The predicted molar refractivity (Wildman–Crippen MR) is 198 cm³/mol. The van der Waals surface area contributed by atoms with E-state index in [-0.39, 0.29) is 48.9 Å². The molecule has 15 nitrogen and oxygen atoms in total. The Bertz CT molecular complexity index is 2200. The molecule has 0 unspecified atom stereocenters. The molecule has 276 valence electrons. The maximum atomic E-state index is 13.7. The molecule has 5 aromatic rings. The summed E-state index contributed by atoms with van der Waals surface area (Å²) in [4.78, 5) is 90.8. The number of amides is 5. The summed E-state index contributed by atoms with van der Waals surface area (Å²) in [5, 5.41) is 12.4. The summed E-state index contributed by atoms with van der Waals surface area (Å²) in [6.07, 6.45) is 4.39. The van der Waals surface area contributed by atoms with Crippen molar-refractivity contribution < 1.29 is 24.0 Å². The zero-order valence-electron chi connectivity index (χ0n) is 29.7. The minimum absolute atomic E-state index is 0.0898. The second-order valence-corrected chi connectivity index (χ2v) is 13.1. The van der Waals surface area contributed by atoms with E-state index in [1.807, 2.05) is 42.0 Å². The van der Waals surface area contributed by atoms with Crippen LogP contribution in [0, 0.1) is 6.92 Å². The third kappa shape index (κ3) is 8.63. The molecule has 0 saturated carbocycles. The molecule has 15 heteroatoms. The van der Waals surface area contributed by atoms with Crippen molar-refractivity contribution in [2.75, 3.05) is 26.2 Å². The number of aryl methyl sites for hydroxylation is 2. The smallest absolute Gasteiger partial charge is 0.255 e. The largest absolute Gasteiger partial charge is 0.361 e. The van der Waals surface area contributed by atoms with Gasteiger partial charge in [-0.3, -0.25) is 28.8 Å². The molecule has 5 amide bonds. The van der Waals surface area contributed by atoms with E-state index in [9.17, 15) is 28.8 Å². The summed E-state index contributed by atoms with van der Waals surface area (Å²) >= 11 is 0. The Hall–Kier alpha value is -6.25. The number of aromatic nitrogens is 4. The molecule has 2 bridgehead atoms. The fourth-order valence-electron chi connectivity index (χ4n) is 6.56. The van der Waals surface area contributed by atoms with E-state index in [1.54, 1.807) is 25.1 Å². The molecule has 0 fully saturated rings. The normalized spacial score (nSPS) is 18.5. The second kappa shape index (κ2) is 16.4. The van der Waals surface area contributed by atoms with Gasteiger partial charge in [-0.05, 0) is 62.1 Å². The highest BCUT2D eigenvalue weighted by Crippen LogP contribution is 2.20. The van der Waals surface area contributed by atoms with Gasteiger partial charge >= 0.3 is 0 Å². The van der Waals surface area contributed by atoms with E-state index >= 15 is 0 Å². The van der Waals surface area contributed by atoms with Gasteiger partial charge in [-0.25, -0.2) is 4.98 Å². The van der Waals surface area contributed by atoms with Crippen LogP contribution in [-0.4, -0.2) is 92.2 Å². The average Bonchev–Trinajstić information content (AvgIpc) is 3.71. The van der Waals surface area contributed by atoms with Crippen LogP contribution in [0.5, 0.6) is 0 Å². The zero-order valence-corrected chi connectivity index (χ0v) is 29.7. The molecule has 0 aliphatic carbocycles. The third-order valence-electron chi connectivity index (χ3n) is 9.39. The number of rotatable bonds is 4. The van der Waals surface area contributed by atoms with Crippen LogP contribution in [0.1, 0.15) is 58.3 Å². The van der Waals surface area contributed by atoms with Crippen LogP contribution in [0.4, 0.5) is 0 Å². The minimum Gasteiger partial charge on any atom is -0.361 e. The Kier molecular flexibility index (Phi) is 11.3. The molecule has 0 radical (unpaired) electrons. The number of fused-ring (bicyclic) bond motifs is 2. The molecular formula is C38H43N9O6. The van der Waals surface area contributed by atoms with Crippen molar-refractivity contribution in [1.29, 1.82) is 0 Å². The van der Waals surface area contributed by atoms with Crippen molar-refractivity contribution in [3.63, 3.8) is 0 Å². The molecule has 0 spiro atoms. The number of para-hydroxylation sites is 1. The molecule has 2 atom stereocenters. The van der Waals surface area contributed by atoms with Crippen LogP contribution in [0.3, 0.4) is 0 Å². The highest BCUT2D eigenvalue weighted by molar-refractivity contribution is 5.98. The van der Waals surface area contributed by atoms with Crippen LogP contribution in [0.25, 0.3) is 21.9 Å². The molecule has 53 heavy (non-hydrogen) atoms. The predicted octanol–water partition coefficient (Wildman–Crippen LogP) is 1.92. The van der Waals surface area contributed by atoms with Gasteiger partial charge in [0.15, 0.2) is 0 Å². The van der Waals surface area contributed by atoms with Crippen LogP contribution in [0.15, 0.2) is 71.8 Å². The maximum absolute atomic E-state index is 13.7. The number of aromatic amines is 2. The lowest BCUT2D eigenvalue weighted by Crippen LogP contribution is -2.55. The van der Waals surface area contributed by atoms with Crippen molar-refractivity contribution in [3.05, 3.63) is 99.9 Å². The number of pyridine rings is 1. The van der Waals surface area contributed by atoms with Gasteiger partial charge in [0.25, 0.3) is 11.8 Å². The SMILES string of the molecule is CC[C@@H]1NC(=O)CN(C(=O)c2ccc(=O)[nH]c2)CCCNC(=O)c2ccc3nc(C)n(c3c2)CCCNC(=O)[C@@H](Cc2c[nH]c3ccccc23)NC1=O. The van der Waals surface area contributed by atoms with Gasteiger partial charge in [0.05, 0.1) is 23.1 Å². The van der Waals surface area contributed by atoms with Crippen LogP contribution < -0.4 is 26.8 Å². The Morgan fingerprint density at radius 2 is 1.64 bits per heavy atom. The molecule has 0 saturated heterocycles. The number of hydrogen-bond acceptors (Lipinski definition) is 7. The topological polar surface area (TPSA) is 203 Å².